The number of nitrogens with zero attached hydrogens (tertiary/aromatic N) is 1. The maximum Gasteiger partial charge on any atom is 0.387 e. The number of aromatic nitrogens is 1. The maximum atomic E-state index is 12.0. The molecule has 0 aliphatic carbocycles. The molecule has 2 aromatic rings. The van der Waals surface area contributed by atoms with Crippen molar-refractivity contribution in [1.29, 1.82) is 0 Å². The first-order valence-corrected chi connectivity index (χ1v) is 5.90. The van der Waals surface area contributed by atoms with Gasteiger partial charge < -0.3 is 10.1 Å². The van der Waals surface area contributed by atoms with E-state index >= 15 is 0 Å². The van der Waals surface area contributed by atoms with Crippen LogP contribution in [0.2, 0.25) is 5.02 Å². The number of rotatable bonds is 4. The third kappa shape index (κ3) is 3.64. The summed E-state index contributed by atoms with van der Waals surface area (Å²) >= 11 is 5.86. The first-order chi connectivity index (χ1) is 9.56. The normalized spacial score (nSPS) is 10.4. The molecule has 1 aromatic heterocycles. The van der Waals surface area contributed by atoms with Crippen LogP contribution in [0.5, 0.6) is 5.75 Å². The number of nitrogens with one attached hydrogen (secondary N) is 1. The topological polar surface area (TPSA) is 51.2 Å². The number of pyridine rings is 1. The lowest BCUT2D eigenvalue weighted by molar-refractivity contribution is -0.0498. The molecule has 1 N–H and O–H groups in total. The Morgan fingerprint density at radius 3 is 2.55 bits per heavy atom. The van der Waals surface area contributed by atoms with Crippen molar-refractivity contribution in [2.24, 2.45) is 0 Å². The molecule has 1 amide bonds. The van der Waals surface area contributed by atoms with Crippen LogP contribution < -0.4 is 10.1 Å². The molecule has 0 saturated carbocycles. The van der Waals surface area contributed by atoms with Gasteiger partial charge in [-0.3, -0.25) is 9.78 Å². The Kier molecular flexibility index (Phi) is 4.47. The molecule has 4 nitrogen and oxygen atoms in total. The number of hydrogen-bond acceptors (Lipinski definition) is 3. The largest absolute Gasteiger partial charge is 0.435 e. The van der Waals surface area contributed by atoms with Crippen molar-refractivity contribution < 1.29 is 18.3 Å². The lowest BCUT2D eigenvalue weighted by atomic mass is 10.2. The molecule has 0 saturated heterocycles. The lowest BCUT2D eigenvalue weighted by Gasteiger charge is -2.08. The zero-order valence-electron chi connectivity index (χ0n) is 10.0. The molecule has 0 aliphatic rings. The molecule has 104 valence electrons. The number of halogens is 3. The van der Waals surface area contributed by atoms with E-state index in [1.54, 1.807) is 0 Å². The predicted octanol–water partition coefficient (Wildman–Crippen LogP) is 3.59. The van der Waals surface area contributed by atoms with E-state index in [0.29, 0.717) is 5.69 Å². The number of amides is 1. The summed E-state index contributed by atoms with van der Waals surface area (Å²) in [5, 5.41) is 2.85. The molecule has 0 spiro atoms. The second-order valence-electron chi connectivity index (χ2n) is 3.71. The molecule has 0 aliphatic heterocycles. The average Bonchev–Trinajstić information content (AvgIpc) is 2.41. The van der Waals surface area contributed by atoms with Crippen molar-refractivity contribution in [3.63, 3.8) is 0 Å². The molecule has 0 radical (unpaired) electrons. The number of carbonyl (C=O) groups excluding carboxylic acids is 1. The third-order valence-electron chi connectivity index (χ3n) is 2.35. The van der Waals surface area contributed by atoms with Crippen molar-refractivity contribution in [2.75, 3.05) is 5.32 Å². The van der Waals surface area contributed by atoms with Gasteiger partial charge in [-0.2, -0.15) is 8.78 Å². The van der Waals surface area contributed by atoms with E-state index in [0.717, 1.165) is 0 Å². The molecular formula is C13H9ClF2N2O2. The fourth-order valence-electron chi connectivity index (χ4n) is 1.46. The van der Waals surface area contributed by atoms with Crippen molar-refractivity contribution in [1.82, 2.24) is 4.98 Å². The summed E-state index contributed by atoms with van der Waals surface area (Å²) in [7, 11) is 0. The van der Waals surface area contributed by atoms with E-state index in [1.165, 1.54) is 42.7 Å². The number of carbonyl (C=O) groups is 1. The van der Waals surface area contributed by atoms with Crippen LogP contribution in [0.3, 0.4) is 0 Å². The van der Waals surface area contributed by atoms with E-state index < -0.39 is 12.5 Å². The fourth-order valence-corrected chi connectivity index (χ4v) is 1.65. The second kappa shape index (κ2) is 6.29. The molecule has 1 heterocycles. The fraction of sp³-hybridized carbons (Fsp3) is 0.0769. The van der Waals surface area contributed by atoms with Crippen LogP contribution >= 0.6 is 11.6 Å². The molecule has 0 atom stereocenters. The van der Waals surface area contributed by atoms with E-state index in [4.69, 9.17) is 11.6 Å². The minimum atomic E-state index is -2.88. The average molecular weight is 299 g/mol. The number of anilines is 1. The van der Waals surface area contributed by atoms with Gasteiger partial charge >= 0.3 is 6.61 Å². The summed E-state index contributed by atoms with van der Waals surface area (Å²) in [6, 6.07) is 7.04. The third-order valence-corrected chi connectivity index (χ3v) is 2.68. The smallest absolute Gasteiger partial charge is 0.387 e. The molecule has 1 aromatic carbocycles. The number of alkyl halides is 2. The summed E-state index contributed by atoms with van der Waals surface area (Å²) in [4.78, 5) is 15.7. The maximum absolute atomic E-state index is 12.0. The monoisotopic (exact) mass is 298 g/mol. The Morgan fingerprint density at radius 1 is 1.25 bits per heavy atom. The Morgan fingerprint density at radius 2 is 1.95 bits per heavy atom. The van der Waals surface area contributed by atoms with Crippen molar-refractivity contribution in [2.45, 2.75) is 6.61 Å². The minimum Gasteiger partial charge on any atom is -0.435 e. The second-order valence-corrected chi connectivity index (χ2v) is 4.12. The van der Waals surface area contributed by atoms with Gasteiger partial charge in [0.15, 0.2) is 0 Å². The first-order valence-electron chi connectivity index (χ1n) is 5.52. The van der Waals surface area contributed by atoms with Gasteiger partial charge in [0.1, 0.15) is 5.75 Å². The molecule has 2 rings (SSSR count). The van der Waals surface area contributed by atoms with Crippen LogP contribution in [-0.2, 0) is 0 Å². The Balaban J connectivity index is 2.07. The summed E-state index contributed by atoms with van der Waals surface area (Å²) in [6.07, 6.45) is 2.81. The van der Waals surface area contributed by atoms with Gasteiger partial charge in [-0.05, 0) is 30.3 Å². The molecule has 0 bridgehead atoms. The van der Waals surface area contributed by atoms with Crippen molar-refractivity contribution >= 4 is 23.2 Å². The van der Waals surface area contributed by atoms with E-state index in [-0.39, 0.29) is 16.3 Å². The summed E-state index contributed by atoms with van der Waals surface area (Å²) < 4.78 is 28.2. The van der Waals surface area contributed by atoms with Gasteiger partial charge in [-0.15, -0.1) is 0 Å². The van der Waals surface area contributed by atoms with Gasteiger partial charge in [0.05, 0.1) is 10.6 Å². The predicted molar refractivity (Wildman–Crippen MR) is 70.3 cm³/mol. The van der Waals surface area contributed by atoms with Crippen LogP contribution in [0, 0.1) is 0 Å². The standard InChI is InChI=1S/C13H9ClF2N2O2/c14-11-5-6-17-7-10(11)12(19)18-8-1-3-9(4-2-8)20-13(15)16/h1-7,13H,(H,18,19). The summed E-state index contributed by atoms with van der Waals surface area (Å²) in [6.45, 7) is -2.88. The van der Waals surface area contributed by atoms with Crippen LogP contribution in [-0.4, -0.2) is 17.5 Å². The number of ether oxygens (including phenoxy) is 1. The zero-order chi connectivity index (χ0) is 14.5. The highest BCUT2D eigenvalue weighted by atomic mass is 35.5. The highest BCUT2D eigenvalue weighted by molar-refractivity contribution is 6.34. The molecule has 20 heavy (non-hydrogen) atoms. The lowest BCUT2D eigenvalue weighted by Crippen LogP contribution is -2.12. The van der Waals surface area contributed by atoms with Crippen molar-refractivity contribution in [3.8, 4) is 5.75 Å². The zero-order valence-corrected chi connectivity index (χ0v) is 10.8. The van der Waals surface area contributed by atoms with Crippen LogP contribution in [0.1, 0.15) is 10.4 Å². The Bertz CT molecular complexity index is 606. The highest BCUT2D eigenvalue weighted by Crippen LogP contribution is 2.19. The van der Waals surface area contributed by atoms with Gasteiger partial charge in [0, 0.05) is 18.1 Å². The molecular weight excluding hydrogens is 290 g/mol. The summed E-state index contributed by atoms with van der Waals surface area (Å²) in [5.74, 6) is -0.428. The van der Waals surface area contributed by atoms with E-state index in [2.05, 4.69) is 15.0 Å². The SMILES string of the molecule is O=C(Nc1ccc(OC(F)F)cc1)c1cnccc1Cl. The van der Waals surface area contributed by atoms with Crippen LogP contribution in [0.15, 0.2) is 42.7 Å². The van der Waals surface area contributed by atoms with Crippen LogP contribution in [0.25, 0.3) is 0 Å². The summed E-state index contributed by atoms with van der Waals surface area (Å²) in [5.41, 5.74) is 0.651. The Labute approximate surface area is 118 Å². The van der Waals surface area contributed by atoms with Gasteiger partial charge in [-0.1, -0.05) is 11.6 Å². The molecule has 0 unspecified atom stereocenters. The van der Waals surface area contributed by atoms with E-state index in [9.17, 15) is 13.6 Å². The number of benzene rings is 1. The first kappa shape index (κ1) is 14.2. The quantitative estimate of drug-likeness (QED) is 0.938. The van der Waals surface area contributed by atoms with E-state index in [1.807, 2.05) is 0 Å². The van der Waals surface area contributed by atoms with Crippen molar-refractivity contribution in [3.05, 3.63) is 53.3 Å². The van der Waals surface area contributed by atoms with Gasteiger partial charge in [0.25, 0.3) is 5.91 Å². The molecule has 0 fully saturated rings. The molecule has 7 heteroatoms. The number of hydrogen-bond donors (Lipinski definition) is 1. The Hall–Kier alpha value is -2.21. The van der Waals surface area contributed by atoms with Gasteiger partial charge in [-0.25, -0.2) is 0 Å². The van der Waals surface area contributed by atoms with Crippen LogP contribution in [0.4, 0.5) is 14.5 Å². The highest BCUT2D eigenvalue weighted by Gasteiger charge is 2.10. The van der Waals surface area contributed by atoms with Gasteiger partial charge in [0.2, 0.25) is 0 Å². The minimum absolute atomic E-state index is 0.0115.